The van der Waals surface area contributed by atoms with Gasteiger partial charge in [-0.05, 0) is 44.4 Å². The van der Waals surface area contributed by atoms with Crippen LogP contribution in [0.25, 0.3) is 0 Å². The highest BCUT2D eigenvalue weighted by Gasteiger charge is 2.21. The molecule has 0 radical (unpaired) electrons. The van der Waals surface area contributed by atoms with Crippen molar-refractivity contribution in [1.29, 1.82) is 0 Å². The normalized spacial score (nSPS) is 15.6. The molecule has 1 atom stereocenters. The van der Waals surface area contributed by atoms with Gasteiger partial charge in [0.15, 0.2) is 0 Å². The lowest BCUT2D eigenvalue weighted by Gasteiger charge is -2.37. The van der Waals surface area contributed by atoms with Crippen molar-refractivity contribution < 1.29 is 4.79 Å². The van der Waals surface area contributed by atoms with Crippen molar-refractivity contribution >= 4 is 17.5 Å². The lowest BCUT2D eigenvalue weighted by atomic mass is 10.1. The number of rotatable bonds is 5. The number of piperazine rings is 1. The monoisotopic (exact) mass is 367 g/mol. The van der Waals surface area contributed by atoms with Crippen LogP contribution in [0.4, 0.5) is 11.6 Å². The first-order valence-corrected chi connectivity index (χ1v) is 9.68. The Balaban J connectivity index is 1.61. The van der Waals surface area contributed by atoms with Crippen LogP contribution >= 0.6 is 0 Å². The number of aromatic nitrogens is 2. The molecule has 6 heteroatoms. The Bertz CT molecular complexity index is 782. The van der Waals surface area contributed by atoms with Gasteiger partial charge in [-0.25, -0.2) is 9.97 Å². The van der Waals surface area contributed by atoms with E-state index in [0.717, 1.165) is 32.6 Å². The zero-order chi connectivity index (χ0) is 19.4. The third-order valence-corrected chi connectivity index (χ3v) is 5.37. The maximum absolute atomic E-state index is 12.1. The van der Waals surface area contributed by atoms with Gasteiger partial charge in [-0.1, -0.05) is 19.1 Å². The predicted octanol–water partition coefficient (Wildman–Crippen LogP) is 2.95. The number of aryl methyl sites for hydroxylation is 1. The topological polar surface area (TPSA) is 61.4 Å². The molecule has 27 heavy (non-hydrogen) atoms. The number of benzene rings is 1. The van der Waals surface area contributed by atoms with Gasteiger partial charge in [0.25, 0.3) is 5.91 Å². The number of carbonyl (C=O) groups is 1. The van der Waals surface area contributed by atoms with E-state index in [1.54, 1.807) is 12.4 Å². The number of anilines is 2. The lowest BCUT2D eigenvalue weighted by Crippen LogP contribution is -2.47. The highest BCUT2D eigenvalue weighted by molar-refractivity contribution is 5.93. The Hall–Kier alpha value is -2.63. The Kier molecular flexibility index (Phi) is 5.94. The minimum Gasteiger partial charge on any atom is -0.368 e. The van der Waals surface area contributed by atoms with E-state index in [1.165, 1.54) is 16.8 Å². The van der Waals surface area contributed by atoms with Crippen LogP contribution in [0.1, 0.15) is 41.8 Å². The first-order chi connectivity index (χ1) is 13.0. The number of hydrogen-bond acceptors (Lipinski definition) is 5. The van der Waals surface area contributed by atoms with Crippen molar-refractivity contribution in [1.82, 2.24) is 15.3 Å². The zero-order valence-electron chi connectivity index (χ0n) is 16.7. The molecule has 0 spiro atoms. The van der Waals surface area contributed by atoms with E-state index in [0.29, 0.717) is 11.5 Å². The SMILES string of the molecule is CCC(C)NC(=O)c1cnc(N2CCN(c3cccc(C)c3C)CC2)nc1. The summed E-state index contributed by atoms with van der Waals surface area (Å²) in [4.78, 5) is 25.6. The van der Waals surface area contributed by atoms with Crippen molar-refractivity contribution in [2.45, 2.75) is 40.2 Å². The molecule has 1 fully saturated rings. The van der Waals surface area contributed by atoms with Crippen LogP contribution in [0.15, 0.2) is 30.6 Å². The van der Waals surface area contributed by atoms with Gasteiger partial charge >= 0.3 is 0 Å². The van der Waals surface area contributed by atoms with E-state index in [4.69, 9.17) is 0 Å². The average molecular weight is 367 g/mol. The second-order valence-corrected chi connectivity index (χ2v) is 7.25. The van der Waals surface area contributed by atoms with Crippen molar-refractivity contribution in [2.24, 2.45) is 0 Å². The Morgan fingerprint density at radius 1 is 1.11 bits per heavy atom. The summed E-state index contributed by atoms with van der Waals surface area (Å²) in [5, 5.41) is 2.94. The molecule has 2 heterocycles. The summed E-state index contributed by atoms with van der Waals surface area (Å²) in [5.41, 5.74) is 4.49. The highest BCUT2D eigenvalue weighted by atomic mass is 16.1. The Labute approximate surface area is 161 Å². The number of nitrogens with zero attached hydrogens (tertiary/aromatic N) is 4. The van der Waals surface area contributed by atoms with Crippen LogP contribution in [0.5, 0.6) is 0 Å². The molecule has 1 N–H and O–H groups in total. The fourth-order valence-corrected chi connectivity index (χ4v) is 3.24. The number of nitrogens with one attached hydrogen (secondary N) is 1. The Morgan fingerprint density at radius 2 is 1.74 bits per heavy atom. The zero-order valence-corrected chi connectivity index (χ0v) is 16.7. The van der Waals surface area contributed by atoms with Crippen LogP contribution in [0, 0.1) is 13.8 Å². The molecule has 1 aromatic heterocycles. The molecule has 6 nitrogen and oxygen atoms in total. The van der Waals surface area contributed by atoms with Gasteiger partial charge in [-0.3, -0.25) is 4.79 Å². The van der Waals surface area contributed by atoms with Crippen molar-refractivity contribution in [3.8, 4) is 0 Å². The molecule has 1 amide bonds. The van der Waals surface area contributed by atoms with Crippen molar-refractivity contribution in [2.75, 3.05) is 36.0 Å². The number of hydrogen-bond donors (Lipinski definition) is 1. The number of carbonyl (C=O) groups excluding carboxylic acids is 1. The minimum atomic E-state index is -0.115. The van der Waals surface area contributed by atoms with E-state index >= 15 is 0 Å². The van der Waals surface area contributed by atoms with Gasteiger partial charge in [-0.15, -0.1) is 0 Å². The lowest BCUT2D eigenvalue weighted by molar-refractivity contribution is 0.0938. The predicted molar refractivity (Wildman–Crippen MR) is 110 cm³/mol. The fraction of sp³-hybridized carbons (Fsp3) is 0.476. The van der Waals surface area contributed by atoms with Gasteiger partial charge in [0, 0.05) is 50.3 Å². The summed E-state index contributed by atoms with van der Waals surface area (Å²) < 4.78 is 0. The van der Waals surface area contributed by atoms with Gasteiger partial charge < -0.3 is 15.1 Å². The molecule has 144 valence electrons. The molecule has 1 unspecified atom stereocenters. The first-order valence-electron chi connectivity index (χ1n) is 9.68. The van der Waals surface area contributed by atoms with Gasteiger partial charge in [0.1, 0.15) is 0 Å². The third kappa shape index (κ3) is 4.38. The standard InChI is InChI=1S/C21H29N5O/c1-5-16(3)24-20(27)18-13-22-21(23-14-18)26-11-9-25(10-12-26)19-8-6-7-15(2)17(19)4/h6-8,13-14,16H,5,9-12H2,1-4H3,(H,24,27). The summed E-state index contributed by atoms with van der Waals surface area (Å²) in [7, 11) is 0. The molecule has 0 bridgehead atoms. The van der Waals surface area contributed by atoms with E-state index in [9.17, 15) is 4.79 Å². The summed E-state index contributed by atoms with van der Waals surface area (Å²) in [6, 6.07) is 6.62. The first kappa shape index (κ1) is 19.1. The molecular formula is C21H29N5O. The van der Waals surface area contributed by atoms with Crippen molar-refractivity contribution in [3.05, 3.63) is 47.3 Å². The van der Waals surface area contributed by atoms with Crippen molar-refractivity contribution in [3.63, 3.8) is 0 Å². The van der Waals surface area contributed by atoms with E-state index in [-0.39, 0.29) is 11.9 Å². The highest BCUT2D eigenvalue weighted by Crippen LogP contribution is 2.24. The fourth-order valence-electron chi connectivity index (χ4n) is 3.24. The van der Waals surface area contributed by atoms with Gasteiger partial charge in [0.2, 0.25) is 5.95 Å². The molecule has 0 saturated carbocycles. The second-order valence-electron chi connectivity index (χ2n) is 7.25. The van der Waals surface area contributed by atoms with E-state index in [1.807, 2.05) is 13.8 Å². The van der Waals surface area contributed by atoms with Crippen LogP contribution in [-0.4, -0.2) is 48.1 Å². The third-order valence-electron chi connectivity index (χ3n) is 5.37. The van der Waals surface area contributed by atoms with E-state index < -0.39 is 0 Å². The molecule has 1 aliphatic heterocycles. The molecule has 1 aromatic carbocycles. The summed E-state index contributed by atoms with van der Waals surface area (Å²) >= 11 is 0. The molecular weight excluding hydrogens is 338 g/mol. The smallest absolute Gasteiger partial charge is 0.254 e. The van der Waals surface area contributed by atoms with Crippen LogP contribution in [0.2, 0.25) is 0 Å². The molecule has 0 aliphatic carbocycles. The molecule has 2 aromatic rings. The van der Waals surface area contributed by atoms with Gasteiger partial charge in [0.05, 0.1) is 5.56 Å². The summed E-state index contributed by atoms with van der Waals surface area (Å²) in [6.07, 6.45) is 4.14. The molecule has 1 saturated heterocycles. The van der Waals surface area contributed by atoms with Crippen LogP contribution < -0.4 is 15.1 Å². The maximum atomic E-state index is 12.1. The quantitative estimate of drug-likeness (QED) is 0.880. The van der Waals surface area contributed by atoms with Crippen LogP contribution in [-0.2, 0) is 0 Å². The molecule has 3 rings (SSSR count). The number of amides is 1. The maximum Gasteiger partial charge on any atom is 0.254 e. The summed E-state index contributed by atoms with van der Waals surface area (Å²) in [5.74, 6) is 0.575. The average Bonchev–Trinajstić information content (AvgIpc) is 2.70. The van der Waals surface area contributed by atoms with Gasteiger partial charge in [-0.2, -0.15) is 0 Å². The van der Waals surface area contributed by atoms with Crippen LogP contribution in [0.3, 0.4) is 0 Å². The second kappa shape index (κ2) is 8.37. The Morgan fingerprint density at radius 3 is 2.37 bits per heavy atom. The van der Waals surface area contributed by atoms with E-state index in [2.05, 4.69) is 57.1 Å². The molecule has 1 aliphatic rings. The summed E-state index contributed by atoms with van der Waals surface area (Å²) in [6.45, 7) is 12.0. The largest absolute Gasteiger partial charge is 0.368 e. The minimum absolute atomic E-state index is 0.115.